The standard InChI is InChI=1S/C42H62N6O8/c1-40(2,3)32(49)23-42(18-10-7-11-19-42)46-38(54)45-34(41(4,5)6)37(53)48-25-29(56-39(55)47-20-17-27-15-8-9-16-28(27)24-47)22-31(48)36(52)44-30(33(50)35(43)51)21-26-13-12-14-26/h8-9,15-16,26,29-31,34H,7,10-14,17-25H2,1-6H3,(H2,43,51)(H,44,52)(H2,45,46,54). The van der Waals surface area contributed by atoms with Gasteiger partial charge in [-0.2, -0.15) is 0 Å². The molecule has 6 amide bonds. The van der Waals surface area contributed by atoms with Crippen molar-refractivity contribution >= 4 is 41.4 Å². The van der Waals surface area contributed by atoms with Gasteiger partial charge < -0.3 is 36.2 Å². The molecule has 0 aromatic heterocycles. The van der Waals surface area contributed by atoms with Crippen molar-refractivity contribution in [1.82, 2.24) is 25.8 Å². The molecule has 1 saturated heterocycles. The molecule has 0 radical (unpaired) electrons. The van der Waals surface area contributed by atoms with Crippen molar-refractivity contribution in [2.75, 3.05) is 13.1 Å². The number of primary amides is 1. The van der Waals surface area contributed by atoms with E-state index in [0.717, 1.165) is 49.7 Å². The van der Waals surface area contributed by atoms with Crippen LogP contribution < -0.4 is 21.7 Å². The van der Waals surface area contributed by atoms with Crippen LogP contribution >= 0.6 is 0 Å². The normalized spacial score (nSPS) is 22.1. The third kappa shape index (κ3) is 10.5. The molecular weight excluding hydrogens is 716 g/mol. The summed E-state index contributed by atoms with van der Waals surface area (Å²) in [6.45, 7) is 11.6. The predicted octanol–water partition coefficient (Wildman–Crippen LogP) is 4.30. The summed E-state index contributed by atoms with van der Waals surface area (Å²) in [6.07, 6.45) is 6.25. The zero-order chi connectivity index (χ0) is 41.0. The van der Waals surface area contributed by atoms with Crippen LogP contribution in [0, 0.1) is 16.7 Å². The van der Waals surface area contributed by atoms with Crippen LogP contribution in [0.2, 0.25) is 0 Å². The van der Waals surface area contributed by atoms with Crippen molar-refractivity contribution in [2.45, 2.75) is 155 Å². The summed E-state index contributed by atoms with van der Waals surface area (Å²) in [6, 6.07) is 3.79. The van der Waals surface area contributed by atoms with E-state index < -0.39 is 76.2 Å². The Hall–Kier alpha value is -4.49. The van der Waals surface area contributed by atoms with Gasteiger partial charge in [0, 0.05) is 36.9 Å². The van der Waals surface area contributed by atoms with E-state index in [2.05, 4.69) is 16.0 Å². The smallest absolute Gasteiger partial charge is 0.410 e. The van der Waals surface area contributed by atoms with Gasteiger partial charge in [0.1, 0.15) is 24.0 Å². The van der Waals surface area contributed by atoms with E-state index in [0.29, 0.717) is 32.4 Å². The van der Waals surface area contributed by atoms with Gasteiger partial charge >= 0.3 is 12.1 Å². The molecule has 14 nitrogen and oxygen atoms in total. The number of fused-ring (bicyclic) bond motifs is 1. The van der Waals surface area contributed by atoms with E-state index in [1.54, 1.807) is 25.7 Å². The second kappa shape index (κ2) is 17.3. The number of hydrogen-bond acceptors (Lipinski definition) is 8. The number of nitrogens with two attached hydrogens (primary N) is 1. The summed E-state index contributed by atoms with van der Waals surface area (Å²) >= 11 is 0. The molecule has 14 heteroatoms. The van der Waals surface area contributed by atoms with Gasteiger partial charge in [0.25, 0.3) is 5.91 Å². The van der Waals surface area contributed by atoms with Crippen LogP contribution in [-0.4, -0.2) is 94.1 Å². The van der Waals surface area contributed by atoms with Gasteiger partial charge in [0.15, 0.2) is 0 Å². The third-order valence-corrected chi connectivity index (χ3v) is 12.1. The van der Waals surface area contributed by atoms with Gasteiger partial charge in [-0.05, 0) is 48.1 Å². The number of amides is 6. The van der Waals surface area contributed by atoms with Crippen LogP contribution in [0.15, 0.2) is 24.3 Å². The molecule has 2 saturated carbocycles. The molecular formula is C42H62N6O8. The Bertz CT molecular complexity index is 1670. The van der Waals surface area contributed by atoms with Crippen LogP contribution in [0.25, 0.3) is 0 Å². The monoisotopic (exact) mass is 778 g/mol. The number of carbonyl (C=O) groups excluding carboxylic acids is 7. The van der Waals surface area contributed by atoms with Crippen LogP contribution in [0.5, 0.6) is 0 Å². The van der Waals surface area contributed by atoms with Crippen LogP contribution in [0.4, 0.5) is 9.59 Å². The molecule has 3 fully saturated rings. The molecule has 5 N–H and O–H groups in total. The highest BCUT2D eigenvalue weighted by Gasteiger charge is 2.48. The number of hydrogen-bond donors (Lipinski definition) is 4. The fourth-order valence-electron chi connectivity index (χ4n) is 8.35. The number of rotatable bonds is 12. The van der Waals surface area contributed by atoms with E-state index in [4.69, 9.17) is 10.5 Å². The molecule has 308 valence electrons. The maximum Gasteiger partial charge on any atom is 0.410 e. The quantitative estimate of drug-likeness (QED) is 0.225. The van der Waals surface area contributed by atoms with Gasteiger partial charge in [0.2, 0.25) is 17.6 Å². The van der Waals surface area contributed by atoms with Crippen molar-refractivity contribution in [2.24, 2.45) is 22.5 Å². The summed E-state index contributed by atoms with van der Waals surface area (Å²) in [5.41, 5.74) is 5.36. The third-order valence-electron chi connectivity index (χ3n) is 12.1. The van der Waals surface area contributed by atoms with E-state index in [1.165, 1.54) is 4.90 Å². The Kier molecular flexibility index (Phi) is 13.2. The number of Topliss-reactive ketones (excluding diaryl/α,β-unsaturated/α-hetero) is 2. The molecule has 1 aromatic rings. The first-order chi connectivity index (χ1) is 26.3. The summed E-state index contributed by atoms with van der Waals surface area (Å²) < 4.78 is 5.97. The maximum atomic E-state index is 14.7. The topological polar surface area (TPSA) is 197 Å². The fourth-order valence-corrected chi connectivity index (χ4v) is 8.35. The molecule has 2 heterocycles. The lowest BCUT2D eigenvalue weighted by atomic mass is 9.74. The number of nitrogens with one attached hydrogen (secondary N) is 3. The number of carbonyl (C=O) groups is 7. The zero-order valence-electron chi connectivity index (χ0n) is 34.0. The van der Waals surface area contributed by atoms with Gasteiger partial charge in [-0.3, -0.25) is 24.0 Å². The van der Waals surface area contributed by atoms with E-state index >= 15 is 0 Å². The summed E-state index contributed by atoms with van der Waals surface area (Å²) in [7, 11) is 0. The number of nitrogens with zero attached hydrogens (tertiary/aromatic N) is 2. The number of urea groups is 1. The van der Waals surface area contributed by atoms with E-state index in [-0.39, 0.29) is 37.5 Å². The highest BCUT2D eigenvalue weighted by atomic mass is 16.6. The predicted molar refractivity (Wildman–Crippen MR) is 209 cm³/mol. The Labute approximate surface area is 330 Å². The van der Waals surface area contributed by atoms with Gasteiger partial charge in [0.05, 0.1) is 12.6 Å². The summed E-state index contributed by atoms with van der Waals surface area (Å²) in [5.74, 6) is -3.14. The first-order valence-electron chi connectivity index (χ1n) is 20.3. The number of likely N-dealkylation sites (tertiary alicyclic amines) is 1. The molecule has 0 bridgehead atoms. The lowest BCUT2D eigenvalue weighted by molar-refractivity contribution is -0.143. The summed E-state index contributed by atoms with van der Waals surface area (Å²) in [4.78, 5) is 97.3. The minimum Gasteiger partial charge on any atom is -0.444 e. The van der Waals surface area contributed by atoms with Crippen LogP contribution in [0.3, 0.4) is 0 Å². The second-order valence-corrected chi connectivity index (χ2v) is 18.6. The molecule has 4 aliphatic rings. The Morgan fingerprint density at radius 2 is 1.57 bits per heavy atom. The number of benzene rings is 1. The lowest BCUT2D eigenvalue weighted by Crippen LogP contribution is -2.62. The average Bonchev–Trinajstić information content (AvgIpc) is 3.54. The molecule has 2 aliphatic heterocycles. The Morgan fingerprint density at radius 1 is 0.911 bits per heavy atom. The maximum absolute atomic E-state index is 14.7. The van der Waals surface area contributed by atoms with Crippen LogP contribution in [0.1, 0.15) is 123 Å². The SMILES string of the molecule is CC(C)(C)C(=O)CC1(NC(=O)NC(C(=O)N2CC(OC(=O)N3CCc4ccccc4C3)CC2C(=O)NC(CC2CCC2)C(=O)C(N)=O)C(C)(C)C)CCCCC1. The summed E-state index contributed by atoms with van der Waals surface area (Å²) in [5, 5.41) is 8.71. The minimum atomic E-state index is -1.18. The van der Waals surface area contributed by atoms with E-state index in [9.17, 15) is 33.6 Å². The average molecular weight is 779 g/mol. The lowest BCUT2D eigenvalue weighted by Gasteiger charge is -2.41. The molecule has 2 aliphatic carbocycles. The zero-order valence-corrected chi connectivity index (χ0v) is 34.0. The van der Waals surface area contributed by atoms with Crippen LogP contribution in [-0.2, 0) is 41.7 Å². The highest BCUT2D eigenvalue weighted by molar-refractivity contribution is 6.37. The highest BCUT2D eigenvalue weighted by Crippen LogP contribution is 2.35. The largest absolute Gasteiger partial charge is 0.444 e. The molecule has 1 aromatic carbocycles. The number of ketones is 2. The Morgan fingerprint density at radius 3 is 2.16 bits per heavy atom. The molecule has 4 unspecified atom stereocenters. The van der Waals surface area contributed by atoms with E-state index in [1.807, 2.05) is 45.0 Å². The van der Waals surface area contributed by atoms with Crippen molar-refractivity contribution < 1.29 is 38.3 Å². The first kappa shape index (κ1) is 42.6. The van der Waals surface area contributed by atoms with Gasteiger partial charge in [-0.25, -0.2) is 9.59 Å². The van der Waals surface area contributed by atoms with Gasteiger partial charge in [-0.1, -0.05) is 104 Å². The Balaban J connectivity index is 1.37. The van der Waals surface area contributed by atoms with Crippen molar-refractivity contribution in [3.05, 3.63) is 35.4 Å². The van der Waals surface area contributed by atoms with Crippen molar-refractivity contribution in [3.63, 3.8) is 0 Å². The first-order valence-corrected chi connectivity index (χ1v) is 20.3. The second-order valence-electron chi connectivity index (χ2n) is 18.6. The van der Waals surface area contributed by atoms with Crippen molar-refractivity contribution in [3.8, 4) is 0 Å². The van der Waals surface area contributed by atoms with Crippen molar-refractivity contribution in [1.29, 1.82) is 0 Å². The molecule has 0 spiro atoms. The fraction of sp³-hybridized carbons (Fsp3) is 0.690. The number of ether oxygens (including phenoxy) is 1. The minimum absolute atomic E-state index is 0.0360. The molecule has 4 atom stereocenters. The molecule has 56 heavy (non-hydrogen) atoms. The molecule has 5 rings (SSSR count). The van der Waals surface area contributed by atoms with Gasteiger partial charge in [-0.15, -0.1) is 0 Å².